The Kier molecular flexibility index (Phi) is 5.47. The molecule has 0 atom stereocenters. The van der Waals surface area contributed by atoms with Crippen molar-refractivity contribution >= 4 is 22.8 Å². The van der Waals surface area contributed by atoms with Crippen LogP contribution in [0.4, 0.5) is 0 Å². The summed E-state index contributed by atoms with van der Waals surface area (Å²) >= 11 is 1.63. The number of carbonyl (C=O) groups is 1. The van der Waals surface area contributed by atoms with Crippen LogP contribution in [0.3, 0.4) is 0 Å². The molecule has 0 unspecified atom stereocenters. The number of aliphatic imine (C=N–C) groups is 1. The second-order valence-corrected chi connectivity index (χ2v) is 5.63. The molecule has 0 spiro atoms. The quantitative estimate of drug-likeness (QED) is 0.837. The maximum absolute atomic E-state index is 12.3. The van der Waals surface area contributed by atoms with Crippen LogP contribution in [0.2, 0.25) is 0 Å². The summed E-state index contributed by atoms with van der Waals surface area (Å²) in [6, 6.07) is 7.71. The molecule has 1 aliphatic rings. The second kappa shape index (κ2) is 7.33. The summed E-state index contributed by atoms with van der Waals surface area (Å²) in [7, 11) is 0. The average molecular weight is 292 g/mol. The molecule has 0 radical (unpaired) electrons. The maximum Gasteiger partial charge on any atom is 0.233 e. The first-order chi connectivity index (χ1) is 9.74. The lowest BCUT2D eigenvalue weighted by atomic mass is 10.1. The van der Waals surface area contributed by atoms with Crippen LogP contribution in [-0.4, -0.2) is 41.4 Å². The van der Waals surface area contributed by atoms with Crippen LogP contribution in [0.5, 0.6) is 5.75 Å². The predicted octanol–water partition coefficient (Wildman–Crippen LogP) is 2.58. The number of hydrogen-bond acceptors (Lipinski definition) is 4. The van der Waals surface area contributed by atoms with Crippen LogP contribution < -0.4 is 4.74 Å². The Morgan fingerprint density at radius 3 is 2.75 bits per heavy atom. The molecular weight excluding hydrogens is 272 g/mol. The Balaban J connectivity index is 1.95. The third-order valence-corrected chi connectivity index (χ3v) is 3.86. The third-order valence-electron chi connectivity index (χ3n) is 2.97. The van der Waals surface area contributed by atoms with E-state index in [1.54, 1.807) is 16.7 Å². The highest BCUT2D eigenvalue weighted by Crippen LogP contribution is 2.17. The highest BCUT2D eigenvalue weighted by molar-refractivity contribution is 8.13. The summed E-state index contributed by atoms with van der Waals surface area (Å²) in [5, 5.41) is 0.864. The SMILES string of the molecule is CCOc1ccc(CC(=O)N2CCN=C2SCC)cc1. The Bertz CT molecular complexity index is 485. The van der Waals surface area contributed by atoms with Crippen LogP contribution in [0.25, 0.3) is 0 Å². The fraction of sp³-hybridized carbons (Fsp3) is 0.467. The largest absolute Gasteiger partial charge is 0.494 e. The fourth-order valence-electron chi connectivity index (χ4n) is 2.05. The number of nitrogens with zero attached hydrogens (tertiary/aromatic N) is 2. The van der Waals surface area contributed by atoms with Gasteiger partial charge in [0, 0.05) is 6.54 Å². The number of carbonyl (C=O) groups excluding carboxylic acids is 1. The van der Waals surface area contributed by atoms with Crippen LogP contribution in [0.15, 0.2) is 29.3 Å². The summed E-state index contributed by atoms with van der Waals surface area (Å²) in [5.74, 6) is 1.89. The van der Waals surface area contributed by atoms with Gasteiger partial charge in [-0.1, -0.05) is 30.8 Å². The van der Waals surface area contributed by atoms with E-state index in [2.05, 4.69) is 11.9 Å². The molecule has 0 saturated carbocycles. The molecule has 4 nitrogen and oxygen atoms in total. The van der Waals surface area contributed by atoms with E-state index < -0.39 is 0 Å². The first kappa shape index (κ1) is 14.9. The lowest BCUT2D eigenvalue weighted by Crippen LogP contribution is -2.34. The Morgan fingerprint density at radius 2 is 2.10 bits per heavy atom. The maximum atomic E-state index is 12.3. The van der Waals surface area contributed by atoms with Gasteiger partial charge in [-0.05, 0) is 30.4 Å². The Morgan fingerprint density at radius 1 is 1.35 bits per heavy atom. The van der Waals surface area contributed by atoms with Gasteiger partial charge in [0.25, 0.3) is 0 Å². The van der Waals surface area contributed by atoms with E-state index >= 15 is 0 Å². The molecule has 0 fully saturated rings. The zero-order valence-corrected chi connectivity index (χ0v) is 12.8. The molecule has 0 N–H and O–H groups in total. The van der Waals surface area contributed by atoms with Crippen molar-refractivity contribution < 1.29 is 9.53 Å². The summed E-state index contributed by atoms with van der Waals surface area (Å²) < 4.78 is 5.40. The number of thioether (sulfide) groups is 1. The van der Waals surface area contributed by atoms with Crippen LogP contribution in [0.1, 0.15) is 19.4 Å². The van der Waals surface area contributed by atoms with Crippen molar-refractivity contribution in [1.82, 2.24) is 4.90 Å². The van der Waals surface area contributed by atoms with Gasteiger partial charge >= 0.3 is 0 Å². The van der Waals surface area contributed by atoms with Crippen LogP contribution in [-0.2, 0) is 11.2 Å². The van der Waals surface area contributed by atoms with Gasteiger partial charge in [-0.2, -0.15) is 0 Å². The number of amides is 1. The lowest BCUT2D eigenvalue weighted by molar-refractivity contribution is -0.126. The van der Waals surface area contributed by atoms with Gasteiger partial charge in [-0.3, -0.25) is 14.7 Å². The summed E-state index contributed by atoms with van der Waals surface area (Å²) in [4.78, 5) is 18.5. The number of rotatable bonds is 5. The first-order valence-electron chi connectivity index (χ1n) is 6.94. The zero-order valence-electron chi connectivity index (χ0n) is 12.0. The van der Waals surface area contributed by atoms with E-state index in [0.717, 1.165) is 28.8 Å². The molecule has 20 heavy (non-hydrogen) atoms. The summed E-state index contributed by atoms with van der Waals surface area (Å²) in [6.45, 7) is 6.10. The van der Waals surface area contributed by atoms with Crippen molar-refractivity contribution in [1.29, 1.82) is 0 Å². The van der Waals surface area contributed by atoms with Gasteiger partial charge in [0.2, 0.25) is 5.91 Å². The lowest BCUT2D eigenvalue weighted by Gasteiger charge is -2.17. The van der Waals surface area contributed by atoms with E-state index in [0.29, 0.717) is 19.6 Å². The fourth-order valence-corrected chi connectivity index (χ4v) is 2.84. The minimum atomic E-state index is 0.117. The first-order valence-corrected chi connectivity index (χ1v) is 7.92. The molecule has 1 heterocycles. The molecular formula is C15H20N2O2S. The molecule has 0 saturated heterocycles. The Hall–Kier alpha value is -1.49. The van der Waals surface area contributed by atoms with Crippen LogP contribution >= 0.6 is 11.8 Å². The summed E-state index contributed by atoms with van der Waals surface area (Å²) in [6.07, 6.45) is 0.412. The highest BCUT2D eigenvalue weighted by Gasteiger charge is 2.23. The topological polar surface area (TPSA) is 41.9 Å². The van der Waals surface area contributed by atoms with Crippen molar-refractivity contribution in [2.24, 2.45) is 4.99 Å². The molecule has 0 bridgehead atoms. The van der Waals surface area contributed by atoms with Crippen molar-refractivity contribution in [3.8, 4) is 5.75 Å². The monoisotopic (exact) mass is 292 g/mol. The number of amidine groups is 1. The molecule has 1 aromatic carbocycles. The average Bonchev–Trinajstić information content (AvgIpc) is 2.90. The Labute approximate surface area is 124 Å². The van der Waals surface area contributed by atoms with E-state index in [1.807, 2.05) is 31.2 Å². The molecule has 1 amide bonds. The number of ether oxygens (including phenoxy) is 1. The third kappa shape index (κ3) is 3.76. The predicted molar refractivity (Wildman–Crippen MR) is 83.5 cm³/mol. The number of hydrogen-bond donors (Lipinski definition) is 0. The van der Waals surface area contributed by atoms with Crippen LogP contribution in [0, 0.1) is 0 Å². The molecule has 0 aliphatic carbocycles. The summed E-state index contributed by atoms with van der Waals surface area (Å²) in [5.41, 5.74) is 1.01. The van der Waals surface area contributed by atoms with Crippen molar-refractivity contribution in [2.75, 3.05) is 25.4 Å². The standard InChI is InChI=1S/C15H20N2O2S/c1-3-19-13-7-5-12(6-8-13)11-14(18)17-10-9-16-15(17)20-4-2/h5-8H,3-4,9-11H2,1-2H3. The van der Waals surface area contributed by atoms with Gasteiger partial charge in [0.05, 0.1) is 19.6 Å². The second-order valence-electron chi connectivity index (χ2n) is 4.40. The molecule has 0 aromatic heterocycles. The minimum Gasteiger partial charge on any atom is -0.494 e. The van der Waals surface area contributed by atoms with Crippen molar-refractivity contribution in [3.63, 3.8) is 0 Å². The zero-order chi connectivity index (χ0) is 14.4. The van der Waals surface area contributed by atoms with E-state index in [4.69, 9.17) is 4.74 Å². The van der Waals surface area contributed by atoms with Gasteiger partial charge < -0.3 is 4.74 Å². The van der Waals surface area contributed by atoms with Gasteiger partial charge in [0.15, 0.2) is 5.17 Å². The van der Waals surface area contributed by atoms with E-state index in [-0.39, 0.29) is 5.91 Å². The molecule has 2 rings (SSSR count). The van der Waals surface area contributed by atoms with Gasteiger partial charge in [-0.25, -0.2) is 0 Å². The smallest absolute Gasteiger partial charge is 0.233 e. The molecule has 5 heteroatoms. The van der Waals surface area contributed by atoms with E-state index in [1.165, 1.54) is 0 Å². The molecule has 1 aromatic rings. The minimum absolute atomic E-state index is 0.117. The molecule has 108 valence electrons. The molecule has 1 aliphatic heterocycles. The normalized spacial score (nSPS) is 14.3. The van der Waals surface area contributed by atoms with Crippen molar-refractivity contribution in [2.45, 2.75) is 20.3 Å². The van der Waals surface area contributed by atoms with Gasteiger partial charge in [-0.15, -0.1) is 0 Å². The van der Waals surface area contributed by atoms with Gasteiger partial charge in [0.1, 0.15) is 5.75 Å². The highest BCUT2D eigenvalue weighted by atomic mass is 32.2. The number of benzene rings is 1. The van der Waals surface area contributed by atoms with Crippen molar-refractivity contribution in [3.05, 3.63) is 29.8 Å². The van der Waals surface area contributed by atoms with E-state index in [9.17, 15) is 4.79 Å².